The molecule has 1 aromatic carbocycles. The number of ether oxygens (including phenoxy) is 4. The second-order valence-corrected chi connectivity index (χ2v) is 15.6. The Labute approximate surface area is 307 Å². The van der Waals surface area contributed by atoms with E-state index < -0.39 is 47.6 Å². The summed E-state index contributed by atoms with van der Waals surface area (Å²) in [4.78, 5) is 47.9. The molecule has 2 saturated carbocycles. The van der Waals surface area contributed by atoms with Crippen LogP contribution in [-0.4, -0.2) is 96.1 Å². The number of unbranched alkanes of at least 4 members (excludes halogenated alkanes) is 4. The monoisotopic (exact) mass is 723 g/mol. The number of aliphatic hydroxyl groups excluding tert-OH is 1. The summed E-state index contributed by atoms with van der Waals surface area (Å²) in [5.41, 5.74) is 0.676. The SMILES string of the molecule is CCCCCC1(CCCCC)O[C@@H]2[C@H]3ON(Cc4ccccc4C=CC4CCC5OC5C4)[C@H]4C(=O)OC(CC34C(=O)NCCC(=O)NCCO)[C@@H]2O1. The molecule has 12 heteroatoms. The molecular formula is C40H57N3O9. The molecule has 4 saturated heterocycles. The molecule has 0 spiro atoms. The van der Waals surface area contributed by atoms with E-state index in [1.165, 1.54) is 0 Å². The molecule has 2 aliphatic carbocycles. The molecule has 0 radical (unpaired) electrons. The smallest absolute Gasteiger partial charge is 0.327 e. The lowest BCUT2D eigenvalue weighted by Gasteiger charge is -2.48. The van der Waals surface area contributed by atoms with E-state index in [9.17, 15) is 14.4 Å². The highest BCUT2D eigenvalue weighted by molar-refractivity contribution is 5.94. The second-order valence-electron chi connectivity index (χ2n) is 15.6. The van der Waals surface area contributed by atoms with Crippen LogP contribution in [0.1, 0.15) is 108 Å². The fourth-order valence-corrected chi connectivity index (χ4v) is 9.29. The van der Waals surface area contributed by atoms with Gasteiger partial charge < -0.3 is 34.7 Å². The van der Waals surface area contributed by atoms with Gasteiger partial charge in [0.2, 0.25) is 11.8 Å². The van der Waals surface area contributed by atoms with Gasteiger partial charge in [-0.2, -0.15) is 5.06 Å². The summed E-state index contributed by atoms with van der Waals surface area (Å²) in [6.45, 7) is 4.64. The van der Waals surface area contributed by atoms with Gasteiger partial charge in [0.25, 0.3) is 0 Å². The average molecular weight is 724 g/mol. The number of benzene rings is 1. The largest absolute Gasteiger partial charge is 0.458 e. The van der Waals surface area contributed by atoms with Gasteiger partial charge in [0, 0.05) is 38.8 Å². The summed E-state index contributed by atoms with van der Waals surface area (Å²) < 4.78 is 25.8. The van der Waals surface area contributed by atoms with E-state index in [1.54, 1.807) is 5.06 Å². The number of epoxide rings is 1. The number of allylic oxidation sites excluding steroid dienone is 1. The molecule has 1 aromatic rings. The standard InChI is InChI=1S/C40H57N3O9/c1-3-5-9-18-39(19-10-6-4-2)50-33-31-24-40(38(47)42-20-17-32(45)41-21-22-44)35(37(46)49-31)43(52-36(40)34(33)51-39)25-28-12-8-7-11-27(28)15-13-26-14-16-29-30(23-26)48-29/h7-8,11-13,15,26,29-31,33-36,44H,3-6,9-10,14,16-25H2,1-2H3,(H,41,45)(H,42,47)/t26?,29?,30?,31?,33-,34-,35-,36+,40?/m0/s1. The Morgan fingerprint density at radius 3 is 2.48 bits per heavy atom. The Kier molecular flexibility index (Phi) is 11.7. The number of rotatable bonds is 18. The number of carbonyl (C=O) groups is 3. The average Bonchev–Trinajstić information content (AvgIpc) is 3.69. The van der Waals surface area contributed by atoms with Crippen LogP contribution in [0.15, 0.2) is 30.3 Å². The Morgan fingerprint density at radius 2 is 1.73 bits per heavy atom. The van der Waals surface area contributed by atoms with Crippen molar-refractivity contribution in [1.82, 2.24) is 15.7 Å². The summed E-state index contributed by atoms with van der Waals surface area (Å²) in [7, 11) is 0. The molecule has 52 heavy (non-hydrogen) atoms. The third-order valence-corrected chi connectivity index (χ3v) is 12.0. The summed E-state index contributed by atoms with van der Waals surface area (Å²) in [5.74, 6) is -1.54. The molecule has 4 heterocycles. The lowest BCUT2D eigenvalue weighted by atomic mass is 9.62. The Bertz CT molecular complexity index is 1460. The zero-order valence-corrected chi connectivity index (χ0v) is 30.8. The van der Waals surface area contributed by atoms with E-state index in [2.05, 4.69) is 42.7 Å². The number of carbonyl (C=O) groups excluding carboxylic acids is 3. The maximum Gasteiger partial charge on any atom is 0.327 e. The molecule has 6 fully saturated rings. The van der Waals surface area contributed by atoms with E-state index in [0.717, 1.165) is 68.9 Å². The fraction of sp³-hybridized carbons (Fsp3) is 0.725. The first-order chi connectivity index (χ1) is 25.3. The number of aliphatic hydroxyl groups is 1. The molecule has 12 nitrogen and oxygen atoms in total. The molecule has 286 valence electrons. The van der Waals surface area contributed by atoms with Crippen LogP contribution in [-0.2, 0) is 44.7 Å². The van der Waals surface area contributed by atoms with Crippen molar-refractivity contribution >= 4 is 23.9 Å². The van der Waals surface area contributed by atoms with Gasteiger partial charge in [0.05, 0.1) is 25.4 Å². The minimum Gasteiger partial charge on any atom is -0.458 e. The molecule has 0 aromatic heterocycles. The second kappa shape index (κ2) is 16.2. The number of hydrogen-bond acceptors (Lipinski definition) is 10. The van der Waals surface area contributed by atoms with Gasteiger partial charge in [-0.25, -0.2) is 0 Å². The van der Waals surface area contributed by atoms with Gasteiger partial charge in [-0.05, 0) is 49.1 Å². The fourth-order valence-electron chi connectivity index (χ4n) is 9.29. The Balaban J connectivity index is 1.17. The Hall–Kier alpha value is -2.87. The van der Waals surface area contributed by atoms with Crippen molar-refractivity contribution < 1.29 is 43.3 Å². The zero-order chi connectivity index (χ0) is 36.3. The van der Waals surface area contributed by atoms with E-state index in [1.807, 2.05) is 18.2 Å². The highest BCUT2D eigenvalue weighted by atomic mass is 16.8. The maximum absolute atomic E-state index is 14.6. The molecule has 9 atom stereocenters. The minimum atomic E-state index is -1.32. The van der Waals surface area contributed by atoms with Crippen LogP contribution in [0.3, 0.4) is 0 Å². The van der Waals surface area contributed by atoms with Crippen LogP contribution in [0.25, 0.3) is 6.08 Å². The van der Waals surface area contributed by atoms with Crippen LogP contribution >= 0.6 is 0 Å². The number of fused-ring (bicyclic) bond motifs is 5. The van der Waals surface area contributed by atoms with Crippen molar-refractivity contribution in [3.8, 4) is 0 Å². The third kappa shape index (κ3) is 7.57. The topological polar surface area (TPSA) is 148 Å². The van der Waals surface area contributed by atoms with Gasteiger partial charge in [0.15, 0.2) is 11.8 Å². The number of amides is 2. The van der Waals surface area contributed by atoms with Gasteiger partial charge >= 0.3 is 5.97 Å². The number of nitrogens with one attached hydrogen (secondary N) is 2. The van der Waals surface area contributed by atoms with Crippen LogP contribution in [0, 0.1) is 11.3 Å². The highest BCUT2D eigenvalue weighted by Crippen LogP contribution is 2.58. The number of hydrogen-bond donors (Lipinski definition) is 3. The molecule has 7 rings (SSSR count). The maximum atomic E-state index is 14.6. The molecule has 4 aliphatic heterocycles. The summed E-state index contributed by atoms with van der Waals surface area (Å²) in [6, 6.07) is 7.06. The first kappa shape index (κ1) is 37.4. The predicted octanol–water partition coefficient (Wildman–Crippen LogP) is 4.32. The van der Waals surface area contributed by atoms with Crippen LogP contribution in [0.4, 0.5) is 0 Å². The van der Waals surface area contributed by atoms with E-state index in [4.69, 9.17) is 28.9 Å². The van der Waals surface area contributed by atoms with Crippen molar-refractivity contribution in [2.24, 2.45) is 11.3 Å². The van der Waals surface area contributed by atoms with Gasteiger partial charge in [-0.1, -0.05) is 75.9 Å². The van der Waals surface area contributed by atoms with E-state index in [-0.39, 0.29) is 50.9 Å². The molecule has 6 aliphatic rings. The summed E-state index contributed by atoms with van der Waals surface area (Å²) >= 11 is 0. The lowest BCUT2D eigenvalue weighted by molar-refractivity contribution is -0.224. The molecule has 2 amide bonds. The molecule has 3 N–H and O–H groups in total. The summed E-state index contributed by atoms with van der Waals surface area (Å²) in [6.07, 6.45) is 13.7. The minimum absolute atomic E-state index is 0.0352. The normalized spacial score (nSPS) is 34.1. The summed E-state index contributed by atoms with van der Waals surface area (Å²) in [5, 5.41) is 16.3. The van der Waals surface area contributed by atoms with Crippen molar-refractivity contribution in [1.29, 1.82) is 0 Å². The van der Waals surface area contributed by atoms with Gasteiger partial charge in [-0.15, -0.1) is 0 Å². The van der Waals surface area contributed by atoms with Crippen LogP contribution in [0.5, 0.6) is 0 Å². The first-order valence-electron chi connectivity index (χ1n) is 19.9. The van der Waals surface area contributed by atoms with Crippen molar-refractivity contribution in [3.63, 3.8) is 0 Å². The van der Waals surface area contributed by atoms with Crippen LogP contribution < -0.4 is 10.6 Å². The van der Waals surface area contributed by atoms with E-state index in [0.29, 0.717) is 31.0 Å². The molecule has 2 bridgehead atoms. The highest BCUT2D eigenvalue weighted by Gasteiger charge is 2.76. The number of hydroxylamine groups is 2. The van der Waals surface area contributed by atoms with Crippen molar-refractivity contribution in [2.45, 2.75) is 152 Å². The quantitative estimate of drug-likeness (QED) is 0.114. The van der Waals surface area contributed by atoms with E-state index >= 15 is 0 Å². The third-order valence-electron chi connectivity index (χ3n) is 12.0. The predicted molar refractivity (Wildman–Crippen MR) is 191 cm³/mol. The number of esters is 1. The number of nitrogens with zero attached hydrogens (tertiary/aromatic N) is 1. The Morgan fingerprint density at radius 1 is 0.962 bits per heavy atom. The molecule has 5 unspecified atom stereocenters. The van der Waals surface area contributed by atoms with Gasteiger partial charge in [-0.3, -0.25) is 19.2 Å². The van der Waals surface area contributed by atoms with Crippen molar-refractivity contribution in [2.75, 3.05) is 19.7 Å². The van der Waals surface area contributed by atoms with Gasteiger partial charge in [0.1, 0.15) is 29.8 Å². The first-order valence-corrected chi connectivity index (χ1v) is 19.9. The zero-order valence-electron chi connectivity index (χ0n) is 30.8. The lowest BCUT2D eigenvalue weighted by Crippen LogP contribution is -2.69. The molecular weight excluding hydrogens is 666 g/mol. The van der Waals surface area contributed by atoms with Crippen molar-refractivity contribution in [3.05, 3.63) is 41.5 Å². The van der Waals surface area contributed by atoms with Crippen LogP contribution in [0.2, 0.25) is 0 Å².